The number of para-hydroxylation sites is 2. The molecule has 4 N–H and O–H groups in total. The molecule has 5 heteroatoms. The van der Waals surface area contributed by atoms with Crippen LogP contribution in [0.3, 0.4) is 0 Å². The van der Waals surface area contributed by atoms with Crippen LogP contribution in [-0.4, -0.2) is 30.3 Å². The van der Waals surface area contributed by atoms with Gasteiger partial charge in [0.05, 0.1) is 24.5 Å². The third-order valence-electron chi connectivity index (χ3n) is 3.73. The van der Waals surface area contributed by atoms with Gasteiger partial charge < -0.3 is 16.2 Å². The first-order valence-electron chi connectivity index (χ1n) is 7.25. The van der Waals surface area contributed by atoms with Crippen molar-refractivity contribution in [3.05, 3.63) is 24.3 Å². The van der Waals surface area contributed by atoms with Crippen LogP contribution in [0.15, 0.2) is 24.3 Å². The van der Waals surface area contributed by atoms with E-state index in [1.165, 1.54) is 24.2 Å². The van der Waals surface area contributed by atoms with E-state index in [1.54, 1.807) is 12.1 Å². The summed E-state index contributed by atoms with van der Waals surface area (Å²) in [4.78, 5) is 13.9. The van der Waals surface area contributed by atoms with Crippen molar-refractivity contribution in [1.82, 2.24) is 5.32 Å². The van der Waals surface area contributed by atoms with E-state index in [0.29, 0.717) is 11.4 Å². The Morgan fingerprint density at radius 1 is 1.30 bits per heavy atom. The molecule has 0 bridgehead atoms. The third kappa shape index (κ3) is 3.63. The topological polar surface area (TPSA) is 78.6 Å². The molecular formula is C15H23N3O2. The maximum Gasteiger partial charge on any atom is 0.322 e. The fraction of sp³-hybridized carbons (Fsp3) is 0.533. The maximum absolute atomic E-state index is 12.4. The van der Waals surface area contributed by atoms with Crippen LogP contribution in [0.25, 0.3) is 0 Å². The minimum absolute atomic E-state index is 0.0909. The van der Waals surface area contributed by atoms with Crippen LogP contribution in [0.2, 0.25) is 0 Å². The molecule has 1 aliphatic carbocycles. The monoisotopic (exact) mass is 277 g/mol. The van der Waals surface area contributed by atoms with E-state index in [4.69, 9.17) is 5.73 Å². The Hall–Kier alpha value is -1.75. The van der Waals surface area contributed by atoms with Crippen molar-refractivity contribution >= 4 is 17.4 Å². The number of benzene rings is 1. The summed E-state index contributed by atoms with van der Waals surface area (Å²) < 4.78 is 0. The smallest absolute Gasteiger partial charge is 0.322 e. The lowest BCUT2D eigenvalue weighted by molar-refractivity contribution is 0.234. The molecule has 0 saturated heterocycles. The molecule has 0 radical (unpaired) electrons. The molecule has 20 heavy (non-hydrogen) atoms. The number of aliphatic hydroxyl groups excluding tert-OH is 1. The number of carbonyl (C=O) groups excluding carboxylic acids is 1. The van der Waals surface area contributed by atoms with Gasteiger partial charge in [0.1, 0.15) is 0 Å². The van der Waals surface area contributed by atoms with Gasteiger partial charge >= 0.3 is 6.03 Å². The summed E-state index contributed by atoms with van der Waals surface area (Å²) in [5, 5.41) is 12.2. The lowest BCUT2D eigenvalue weighted by Crippen LogP contribution is -2.46. The Kier molecular flexibility index (Phi) is 5.24. The number of hydrogen-bond donors (Lipinski definition) is 3. The van der Waals surface area contributed by atoms with Gasteiger partial charge in [-0.25, -0.2) is 4.79 Å². The van der Waals surface area contributed by atoms with Gasteiger partial charge in [-0.15, -0.1) is 0 Å². The molecule has 0 spiro atoms. The number of anilines is 2. The van der Waals surface area contributed by atoms with E-state index in [-0.39, 0.29) is 25.2 Å². The predicted molar refractivity (Wildman–Crippen MR) is 80.7 cm³/mol. The highest BCUT2D eigenvalue weighted by Crippen LogP contribution is 2.23. The van der Waals surface area contributed by atoms with Crippen LogP contribution in [0.5, 0.6) is 0 Å². The minimum Gasteiger partial charge on any atom is -0.397 e. The highest BCUT2D eigenvalue weighted by atomic mass is 16.3. The molecule has 2 rings (SSSR count). The number of nitrogen functional groups attached to an aromatic ring is 1. The summed E-state index contributed by atoms with van der Waals surface area (Å²) in [5.74, 6) is 0. The summed E-state index contributed by atoms with van der Waals surface area (Å²) in [5.41, 5.74) is 7.11. The van der Waals surface area contributed by atoms with Crippen LogP contribution in [0.1, 0.15) is 32.1 Å². The second-order valence-corrected chi connectivity index (χ2v) is 5.22. The Bertz CT molecular complexity index is 444. The Morgan fingerprint density at radius 2 is 2.00 bits per heavy atom. The number of nitrogens with zero attached hydrogens (tertiary/aromatic N) is 1. The molecule has 1 fully saturated rings. The maximum atomic E-state index is 12.4. The molecular weight excluding hydrogens is 254 g/mol. The summed E-state index contributed by atoms with van der Waals surface area (Å²) >= 11 is 0. The zero-order chi connectivity index (χ0) is 14.4. The summed E-state index contributed by atoms with van der Waals surface area (Å²) in [6, 6.07) is 7.28. The van der Waals surface area contributed by atoms with E-state index in [1.807, 2.05) is 12.1 Å². The zero-order valence-electron chi connectivity index (χ0n) is 11.7. The molecule has 2 amide bonds. The van der Waals surface area contributed by atoms with E-state index >= 15 is 0 Å². The Morgan fingerprint density at radius 3 is 2.65 bits per heavy atom. The minimum atomic E-state index is -0.177. The molecule has 0 aromatic heterocycles. The highest BCUT2D eigenvalue weighted by Gasteiger charge is 2.21. The number of amides is 2. The molecule has 0 aliphatic heterocycles. The lowest BCUT2D eigenvalue weighted by Gasteiger charge is -2.28. The van der Waals surface area contributed by atoms with Crippen molar-refractivity contribution in [2.24, 2.45) is 0 Å². The first-order chi connectivity index (χ1) is 9.72. The van der Waals surface area contributed by atoms with Crippen molar-refractivity contribution in [3.63, 3.8) is 0 Å². The third-order valence-corrected chi connectivity index (χ3v) is 3.73. The van der Waals surface area contributed by atoms with Gasteiger partial charge in [0.25, 0.3) is 0 Å². The SMILES string of the molecule is Nc1ccccc1N(CCO)C(=O)NC1CCCCC1. The summed E-state index contributed by atoms with van der Waals surface area (Å²) in [7, 11) is 0. The first kappa shape index (κ1) is 14.7. The van der Waals surface area contributed by atoms with Crippen LogP contribution >= 0.6 is 0 Å². The fourth-order valence-corrected chi connectivity index (χ4v) is 2.66. The average Bonchev–Trinajstić information content (AvgIpc) is 2.47. The summed E-state index contributed by atoms with van der Waals surface area (Å²) in [6.45, 7) is 0.152. The largest absolute Gasteiger partial charge is 0.397 e. The highest BCUT2D eigenvalue weighted by molar-refractivity contribution is 5.95. The normalized spacial score (nSPS) is 15.8. The molecule has 110 valence electrons. The standard InChI is InChI=1S/C15H23N3O2/c16-13-8-4-5-9-14(13)18(10-11-19)15(20)17-12-6-2-1-3-7-12/h4-5,8-9,12,19H,1-3,6-7,10-11,16H2,(H,17,20). The molecule has 0 heterocycles. The van der Waals surface area contributed by atoms with Crippen LogP contribution in [0.4, 0.5) is 16.2 Å². The van der Waals surface area contributed by atoms with Crippen molar-refractivity contribution in [2.75, 3.05) is 23.8 Å². The number of aliphatic hydroxyl groups is 1. The number of nitrogens with one attached hydrogen (secondary N) is 1. The van der Waals surface area contributed by atoms with Gasteiger partial charge in [-0.3, -0.25) is 4.90 Å². The van der Waals surface area contributed by atoms with Gasteiger partial charge in [-0.05, 0) is 25.0 Å². The van der Waals surface area contributed by atoms with Crippen LogP contribution < -0.4 is 16.0 Å². The number of urea groups is 1. The van der Waals surface area contributed by atoms with Gasteiger partial charge in [0.15, 0.2) is 0 Å². The molecule has 1 saturated carbocycles. The predicted octanol–water partition coefficient (Wildman–Crippen LogP) is 2.11. The summed E-state index contributed by atoms with van der Waals surface area (Å²) in [6.07, 6.45) is 5.64. The zero-order valence-corrected chi connectivity index (χ0v) is 11.7. The van der Waals surface area contributed by atoms with Crippen molar-refractivity contribution < 1.29 is 9.90 Å². The second-order valence-electron chi connectivity index (χ2n) is 5.22. The molecule has 5 nitrogen and oxygen atoms in total. The van der Waals surface area contributed by atoms with E-state index < -0.39 is 0 Å². The Balaban J connectivity index is 2.07. The lowest BCUT2D eigenvalue weighted by atomic mass is 9.96. The van der Waals surface area contributed by atoms with Crippen LogP contribution in [-0.2, 0) is 0 Å². The molecule has 1 aromatic rings. The fourth-order valence-electron chi connectivity index (χ4n) is 2.66. The number of hydrogen-bond acceptors (Lipinski definition) is 3. The number of nitrogens with two attached hydrogens (primary N) is 1. The van der Waals surface area contributed by atoms with Gasteiger partial charge in [-0.1, -0.05) is 31.4 Å². The van der Waals surface area contributed by atoms with Gasteiger partial charge in [0.2, 0.25) is 0 Å². The van der Waals surface area contributed by atoms with Crippen LogP contribution in [0, 0.1) is 0 Å². The molecule has 0 unspecified atom stereocenters. The number of rotatable bonds is 4. The van der Waals surface area contributed by atoms with Crippen molar-refractivity contribution in [1.29, 1.82) is 0 Å². The van der Waals surface area contributed by atoms with Crippen molar-refractivity contribution in [3.8, 4) is 0 Å². The second kappa shape index (κ2) is 7.14. The molecule has 0 atom stereocenters. The number of carbonyl (C=O) groups is 1. The van der Waals surface area contributed by atoms with Gasteiger partial charge in [0, 0.05) is 6.04 Å². The van der Waals surface area contributed by atoms with E-state index in [9.17, 15) is 9.90 Å². The van der Waals surface area contributed by atoms with E-state index in [0.717, 1.165) is 12.8 Å². The quantitative estimate of drug-likeness (QED) is 0.737. The first-order valence-corrected chi connectivity index (χ1v) is 7.25. The average molecular weight is 277 g/mol. The van der Waals surface area contributed by atoms with Gasteiger partial charge in [-0.2, -0.15) is 0 Å². The van der Waals surface area contributed by atoms with Crippen molar-refractivity contribution in [2.45, 2.75) is 38.1 Å². The molecule has 1 aliphatic rings. The molecule has 1 aromatic carbocycles. The Labute approximate surface area is 119 Å². The van der Waals surface area contributed by atoms with E-state index in [2.05, 4.69) is 5.32 Å².